The molecule has 1 aromatic carbocycles. The molecule has 4 aliphatic rings. The third-order valence-corrected chi connectivity index (χ3v) is 7.29. The first-order valence-electron chi connectivity index (χ1n) is 11.9. The van der Waals surface area contributed by atoms with Crippen LogP contribution in [0.5, 0.6) is 5.75 Å². The maximum atomic E-state index is 13.1. The van der Waals surface area contributed by atoms with E-state index < -0.39 is 0 Å². The van der Waals surface area contributed by atoms with E-state index in [1.165, 1.54) is 6.42 Å². The van der Waals surface area contributed by atoms with Crippen molar-refractivity contribution in [3.8, 4) is 5.75 Å². The number of para-hydroxylation sites is 1. The van der Waals surface area contributed by atoms with E-state index in [1.807, 2.05) is 24.3 Å². The summed E-state index contributed by atoms with van der Waals surface area (Å²) >= 11 is 0. The van der Waals surface area contributed by atoms with Gasteiger partial charge in [-0.05, 0) is 50.7 Å². The lowest BCUT2D eigenvalue weighted by Crippen LogP contribution is -2.51. The molecular weight excluding hydrogens is 394 g/mol. The molecule has 4 bridgehead atoms. The number of benzene rings is 1. The molecule has 2 amide bonds. The van der Waals surface area contributed by atoms with Crippen LogP contribution in [-0.4, -0.2) is 66.7 Å². The summed E-state index contributed by atoms with van der Waals surface area (Å²) in [4.78, 5) is 28.5. The number of amides is 2. The van der Waals surface area contributed by atoms with Gasteiger partial charge in [0.1, 0.15) is 5.75 Å². The van der Waals surface area contributed by atoms with E-state index in [-0.39, 0.29) is 36.1 Å². The minimum Gasteiger partial charge on any atom is -0.493 e. The molecule has 3 fully saturated rings. The summed E-state index contributed by atoms with van der Waals surface area (Å²) in [6.45, 7) is 1.79. The van der Waals surface area contributed by atoms with Crippen LogP contribution in [0.3, 0.4) is 0 Å². The zero-order valence-corrected chi connectivity index (χ0v) is 18.1. The van der Waals surface area contributed by atoms with Gasteiger partial charge in [0.15, 0.2) is 0 Å². The van der Waals surface area contributed by atoms with Gasteiger partial charge in [-0.25, -0.2) is 0 Å². The van der Waals surface area contributed by atoms with Gasteiger partial charge in [0.25, 0.3) is 5.91 Å². The quantitative estimate of drug-likeness (QED) is 0.719. The second-order valence-electron chi connectivity index (χ2n) is 9.39. The number of hydrogen-bond donors (Lipinski definition) is 2. The molecular formula is C24H33N3O4. The number of rotatable bonds is 1. The lowest BCUT2D eigenvalue weighted by atomic mass is 9.91. The van der Waals surface area contributed by atoms with E-state index >= 15 is 0 Å². The molecule has 1 aromatic rings. The molecule has 0 radical (unpaired) electrons. The van der Waals surface area contributed by atoms with Crippen LogP contribution in [0.1, 0.15) is 61.7 Å². The molecule has 1 saturated carbocycles. The number of fused-ring (bicyclic) bond motifs is 5. The van der Waals surface area contributed by atoms with E-state index in [4.69, 9.17) is 9.47 Å². The largest absolute Gasteiger partial charge is 0.493 e. The zero-order valence-electron chi connectivity index (χ0n) is 18.1. The van der Waals surface area contributed by atoms with Gasteiger partial charge in [-0.15, -0.1) is 0 Å². The molecule has 7 heteroatoms. The van der Waals surface area contributed by atoms with E-state index in [2.05, 4.69) is 15.5 Å². The molecule has 0 unspecified atom stereocenters. The van der Waals surface area contributed by atoms with E-state index in [1.54, 1.807) is 0 Å². The van der Waals surface area contributed by atoms with Crippen molar-refractivity contribution in [2.75, 3.05) is 19.7 Å². The summed E-state index contributed by atoms with van der Waals surface area (Å²) in [6, 6.07) is 7.64. The number of likely N-dealkylation sites (tertiary alicyclic amines) is 1. The summed E-state index contributed by atoms with van der Waals surface area (Å²) in [7, 11) is 0. The van der Waals surface area contributed by atoms with Gasteiger partial charge in [-0.1, -0.05) is 18.6 Å². The van der Waals surface area contributed by atoms with Gasteiger partial charge in [0.2, 0.25) is 5.91 Å². The molecule has 2 N–H and O–H groups in total. The molecule has 1 aliphatic carbocycles. The Kier molecular flexibility index (Phi) is 6.14. The summed E-state index contributed by atoms with van der Waals surface area (Å²) in [5.41, 5.74) is 0.556. The minimum absolute atomic E-state index is 0.0416. The van der Waals surface area contributed by atoms with Gasteiger partial charge in [-0.2, -0.15) is 0 Å². The Balaban J connectivity index is 1.38. The smallest absolute Gasteiger partial charge is 0.255 e. The molecule has 5 rings (SSSR count). The lowest BCUT2D eigenvalue weighted by Gasteiger charge is -2.38. The third-order valence-electron chi connectivity index (χ3n) is 7.29. The SMILES string of the molecule is O=C1N[C@H]2C[C@@H](C(=O)NC[C@@H]3CCC[C@@H](CCOc4ccccc41)O3)N(C1CCC1)C2. The van der Waals surface area contributed by atoms with E-state index in [0.29, 0.717) is 36.9 Å². The van der Waals surface area contributed by atoms with Crippen molar-refractivity contribution >= 4 is 11.8 Å². The first-order valence-corrected chi connectivity index (χ1v) is 11.9. The van der Waals surface area contributed by atoms with Crippen LogP contribution in [0, 0.1) is 0 Å². The Hall–Kier alpha value is -2.12. The molecule has 168 valence electrons. The fourth-order valence-corrected chi connectivity index (χ4v) is 5.37. The first kappa shape index (κ1) is 20.8. The number of carbonyl (C=O) groups is 2. The topological polar surface area (TPSA) is 79.9 Å². The summed E-state index contributed by atoms with van der Waals surface area (Å²) in [5.74, 6) is 0.559. The highest BCUT2D eigenvalue weighted by Crippen LogP contribution is 2.32. The van der Waals surface area contributed by atoms with Crippen LogP contribution in [0.25, 0.3) is 0 Å². The van der Waals surface area contributed by atoms with Gasteiger partial charge in [0, 0.05) is 31.6 Å². The predicted molar refractivity (Wildman–Crippen MR) is 116 cm³/mol. The standard InChI is InChI=1S/C24H33N3O4/c28-23-20-9-1-2-10-22(20)30-12-11-18-7-4-8-19(31-18)14-25-24(29)21-13-16(26-23)15-27(21)17-5-3-6-17/h1-2,9-10,16-19,21H,3-8,11-15H2,(H,25,29)(H,26,28)/t16-,18-,19-,21-/m0/s1. The normalized spacial score (nSPS) is 32.9. The Morgan fingerprint density at radius 3 is 2.61 bits per heavy atom. The van der Waals surface area contributed by atoms with Crippen molar-refractivity contribution in [3.63, 3.8) is 0 Å². The van der Waals surface area contributed by atoms with Crippen LogP contribution in [0.4, 0.5) is 0 Å². The van der Waals surface area contributed by atoms with Crippen LogP contribution in [0.15, 0.2) is 24.3 Å². The third kappa shape index (κ3) is 4.58. The van der Waals surface area contributed by atoms with Crippen LogP contribution < -0.4 is 15.4 Å². The number of nitrogens with zero attached hydrogens (tertiary/aromatic N) is 1. The highest BCUT2D eigenvalue weighted by molar-refractivity contribution is 5.97. The molecule has 3 heterocycles. The number of carbonyl (C=O) groups excluding carboxylic acids is 2. The fourth-order valence-electron chi connectivity index (χ4n) is 5.37. The van der Waals surface area contributed by atoms with Gasteiger partial charge in [-0.3, -0.25) is 14.5 Å². The van der Waals surface area contributed by atoms with Crippen molar-refractivity contribution in [1.29, 1.82) is 0 Å². The second kappa shape index (κ2) is 9.17. The second-order valence-corrected chi connectivity index (χ2v) is 9.39. The summed E-state index contributed by atoms with van der Waals surface area (Å²) in [6.07, 6.45) is 8.20. The molecule has 31 heavy (non-hydrogen) atoms. The van der Waals surface area contributed by atoms with Gasteiger partial charge in [0.05, 0.1) is 30.4 Å². The van der Waals surface area contributed by atoms with Crippen molar-refractivity contribution < 1.29 is 19.1 Å². The molecule has 0 spiro atoms. The van der Waals surface area contributed by atoms with Crippen LogP contribution in [0.2, 0.25) is 0 Å². The maximum Gasteiger partial charge on any atom is 0.255 e. The highest BCUT2D eigenvalue weighted by Gasteiger charge is 2.42. The Morgan fingerprint density at radius 2 is 1.77 bits per heavy atom. The van der Waals surface area contributed by atoms with Gasteiger partial charge < -0.3 is 20.1 Å². The molecule has 7 nitrogen and oxygen atoms in total. The first-order chi connectivity index (χ1) is 15.2. The van der Waals surface area contributed by atoms with Crippen LogP contribution >= 0.6 is 0 Å². The molecule has 2 saturated heterocycles. The Bertz CT molecular complexity index is 812. The van der Waals surface area contributed by atoms with Crippen molar-refractivity contribution in [1.82, 2.24) is 15.5 Å². The van der Waals surface area contributed by atoms with E-state index in [0.717, 1.165) is 45.1 Å². The molecule has 3 aliphatic heterocycles. The molecule has 4 atom stereocenters. The Labute approximate surface area is 183 Å². The predicted octanol–water partition coefficient (Wildman–Crippen LogP) is 2.25. The lowest BCUT2D eigenvalue weighted by molar-refractivity contribution is -0.128. The maximum absolute atomic E-state index is 13.1. The average molecular weight is 428 g/mol. The van der Waals surface area contributed by atoms with Crippen LogP contribution in [-0.2, 0) is 9.53 Å². The summed E-state index contributed by atoms with van der Waals surface area (Å²) in [5, 5.41) is 6.33. The number of ether oxygens (including phenoxy) is 2. The minimum atomic E-state index is -0.186. The molecule has 0 aromatic heterocycles. The highest BCUT2D eigenvalue weighted by atomic mass is 16.5. The number of nitrogens with one attached hydrogen (secondary N) is 2. The Morgan fingerprint density at radius 1 is 0.968 bits per heavy atom. The van der Waals surface area contributed by atoms with Crippen molar-refractivity contribution in [2.24, 2.45) is 0 Å². The van der Waals surface area contributed by atoms with Gasteiger partial charge >= 0.3 is 0 Å². The zero-order chi connectivity index (χ0) is 21.2. The van der Waals surface area contributed by atoms with Crippen molar-refractivity contribution in [3.05, 3.63) is 29.8 Å². The average Bonchev–Trinajstić information content (AvgIpc) is 3.14. The van der Waals surface area contributed by atoms with Crippen molar-refractivity contribution in [2.45, 2.75) is 81.7 Å². The van der Waals surface area contributed by atoms with E-state index in [9.17, 15) is 9.59 Å². The summed E-state index contributed by atoms with van der Waals surface area (Å²) < 4.78 is 12.3. The number of hydrogen-bond acceptors (Lipinski definition) is 5. The fraction of sp³-hybridized carbons (Fsp3) is 0.667. The monoisotopic (exact) mass is 427 g/mol.